The van der Waals surface area contributed by atoms with E-state index in [2.05, 4.69) is 34.6 Å². The molecule has 134 valence electrons. The van der Waals surface area contributed by atoms with Crippen LogP contribution in [0.15, 0.2) is 53.9 Å². The largest absolute Gasteiger partial charge is 0.354 e. The van der Waals surface area contributed by atoms with Gasteiger partial charge in [0.15, 0.2) is 0 Å². The molecule has 26 heavy (non-hydrogen) atoms. The van der Waals surface area contributed by atoms with E-state index in [1.807, 2.05) is 12.3 Å². The second-order valence-corrected chi connectivity index (χ2v) is 7.24. The Morgan fingerprint density at radius 3 is 2.42 bits per heavy atom. The van der Waals surface area contributed by atoms with E-state index in [-0.39, 0.29) is 17.8 Å². The van der Waals surface area contributed by atoms with Crippen LogP contribution in [0.1, 0.15) is 25.8 Å². The van der Waals surface area contributed by atoms with Crippen LogP contribution in [0.25, 0.3) is 21.8 Å². The first kappa shape index (κ1) is 18.3. The summed E-state index contributed by atoms with van der Waals surface area (Å²) in [7, 11) is 0. The molecule has 1 aromatic heterocycles. The Kier molecular flexibility index (Phi) is 5.78. The molecule has 1 atom stereocenters. The molecule has 2 aromatic carbocycles. The second-order valence-electron chi connectivity index (χ2n) is 6.38. The van der Waals surface area contributed by atoms with E-state index >= 15 is 0 Å². The number of nitrogens with one attached hydrogen (secondary N) is 1. The highest BCUT2D eigenvalue weighted by atomic mass is 32.1. The maximum Gasteiger partial charge on any atom is 0.217 e. The van der Waals surface area contributed by atoms with E-state index in [1.54, 1.807) is 30.4 Å². The number of thiazole rings is 1. The Bertz CT molecular complexity index is 872. The number of hydrogen-bond donors (Lipinski definition) is 1. The number of benzene rings is 2. The Balaban J connectivity index is 1.65. The summed E-state index contributed by atoms with van der Waals surface area (Å²) < 4.78 is 13.0. The smallest absolute Gasteiger partial charge is 0.217 e. The number of carbonyl (C=O) groups is 1. The second kappa shape index (κ2) is 8.23. The molecule has 3 nitrogen and oxygen atoms in total. The van der Waals surface area contributed by atoms with Gasteiger partial charge < -0.3 is 5.32 Å². The first-order chi connectivity index (χ1) is 12.5. The summed E-state index contributed by atoms with van der Waals surface area (Å²) in [4.78, 5) is 15.7. The average molecular weight is 368 g/mol. The molecule has 3 aromatic rings. The Morgan fingerprint density at radius 2 is 1.77 bits per heavy atom. The summed E-state index contributed by atoms with van der Waals surface area (Å²) in [5, 5.41) is 5.80. The van der Waals surface area contributed by atoms with Crippen molar-refractivity contribution in [3.8, 4) is 21.8 Å². The highest BCUT2D eigenvalue weighted by molar-refractivity contribution is 7.13. The molecule has 0 bridgehead atoms. The normalized spacial score (nSPS) is 12.0. The third kappa shape index (κ3) is 4.76. The zero-order chi connectivity index (χ0) is 18.5. The number of carbonyl (C=O) groups excluding carboxylic acids is 1. The van der Waals surface area contributed by atoms with Gasteiger partial charge in [-0.3, -0.25) is 4.79 Å². The van der Waals surface area contributed by atoms with Crippen molar-refractivity contribution < 1.29 is 9.18 Å². The molecule has 0 fully saturated rings. The predicted molar refractivity (Wildman–Crippen MR) is 105 cm³/mol. The topological polar surface area (TPSA) is 42.0 Å². The van der Waals surface area contributed by atoms with E-state index in [0.29, 0.717) is 0 Å². The summed E-state index contributed by atoms with van der Waals surface area (Å²) in [5.74, 6) is -0.234. The fraction of sp³-hybridized carbons (Fsp3) is 0.238. The fourth-order valence-electron chi connectivity index (χ4n) is 2.78. The zero-order valence-corrected chi connectivity index (χ0v) is 15.6. The van der Waals surface area contributed by atoms with E-state index in [9.17, 15) is 9.18 Å². The molecule has 0 radical (unpaired) electrons. The van der Waals surface area contributed by atoms with Gasteiger partial charge in [-0.1, -0.05) is 24.3 Å². The molecule has 3 rings (SSSR count). The minimum absolute atomic E-state index is 0.00772. The van der Waals surface area contributed by atoms with Gasteiger partial charge in [-0.15, -0.1) is 11.3 Å². The highest BCUT2D eigenvalue weighted by Crippen LogP contribution is 2.29. The fourth-order valence-corrected chi connectivity index (χ4v) is 3.61. The monoisotopic (exact) mass is 368 g/mol. The standard InChI is InChI=1S/C21H21FN2OS/c1-14(23-15(2)25)3-4-16-5-7-17(8-6-16)20-13-26-21(24-20)18-9-11-19(22)12-10-18/h5-14H,3-4H2,1-2H3,(H,23,25)/t14-/m1/s1. The van der Waals surface area contributed by atoms with Gasteiger partial charge >= 0.3 is 0 Å². The summed E-state index contributed by atoms with van der Waals surface area (Å²) in [6.45, 7) is 3.56. The van der Waals surface area contributed by atoms with E-state index in [0.717, 1.165) is 34.7 Å². The predicted octanol–water partition coefficient (Wildman–Crippen LogP) is 5.07. The van der Waals surface area contributed by atoms with Crippen molar-refractivity contribution in [3.05, 3.63) is 65.3 Å². The van der Waals surface area contributed by atoms with Gasteiger partial charge in [-0.25, -0.2) is 9.37 Å². The van der Waals surface area contributed by atoms with Crippen molar-refractivity contribution in [2.75, 3.05) is 0 Å². The average Bonchev–Trinajstić information content (AvgIpc) is 3.10. The maximum absolute atomic E-state index is 13.0. The molecule has 0 spiro atoms. The molecule has 0 aliphatic rings. The third-order valence-electron chi connectivity index (χ3n) is 4.16. The van der Waals surface area contributed by atoms with Crippen molar-refractivity contribution in [1.82, 2.24) is 10.3 Å². The van der Waals surface area contributed by atoms with Crippen molar-refractivity contribution >= 4 is 17.2 Å². The van der Waals surface area contributed by atoms with E-state index < -0.39 is 0 Å². The first-order valence-electron chi connectivity index (χ1n) is 8.59. The van der Waals surface area contributed by atoms with Crippen LogP contribution >= 0.6 is 11.3 Å². The maximum atomic E-state index is 13.0. The number of hydrogen-bond acceptors (Lipinski definition) is 3. The molecular weight excluding hydrogens is 347 g/mol. The van der Waals surface area contributed by atoms with E-state index in [1.165, 1.54) is 17.7 Å². The van der Waals surface area contributed by atoms with Gasteiger partial charge in [0.25, 0.3) is 0 Å². The molecule has 5 heteroatoms. The molecule has 0 aliphatic heterocycles. The lowest BCUT2D eigenvalue weighted by molar-refractivity contribution is -0.119. The summed E-state index contributed by atoms with van der Waals surface area (Å²) in [6.07, 6.45) is 1.82. The molecular formula is C21H21FN2OS. The lowest BCUT2D eigenvalue weighted by atomic mass is 10.0. The minimum Gasteiger partial charge on any atom is -0.354 e. The van der Waals surface area contributed by atoms with Crippen LogP contribution in [0, 0.1) is 5.82 Å². The van der Waals surface area contributed by atoms with Gasteiger partial charge in [-0.05, 0) is 49.6 Å². The summed E-state index contributed by atoms with van der Waals surface area (Å²) in [5.41, 5.74) is 4.15. The third-order valence-corrected chi connectivity index (χ3v) is 5.05. The Hall–Kier alpha value is -2.53. The number of nitrogens with zero attached hydrogens (tertiary/aromatic N) is 1. The van der Waals surface area contributed by atoms with Crippen LogP contribution in [0.5, 0.6) is 0 Å². The van der Waals surface area contributed by atoms with Crippen LogP contribution in [0.3, 0.4) is 0 Å². The number of rotatable bonds is 6. The molecule has 0 aliphatic carbocycles. The van der Waals surface area contributed by atoms with Crippen molar-refractivity contribution in [2.45, 2.75) is 32.7 Å². The van der Waals surface area contributed by atoms with Gasteiger partial charge in [0.05, 0.1) is 5.69 Å². The number of halogens is 1. The van der Waals surface area contributed by atoms with Gasteiger partial charge in [0.2, 0.25) is 5.91 Å². The van der Waals surface area contributed by atoms with Crippen molar-refractivity contribution in [2.24, 2.45) is 0 Å². The Morgan fingerprint density at radius 1 is 1.12 bits per heavy atom. The van der Waals surface area contributed by atoms with Crippen molar-refractivity contribution in [1.29, 1.82) is 0 Å². The van der Waals surface area contributed by atoms with Crippen LogP contribution in [0.2, 0.25) is 0 Å². The minimum atomic E-state index is -0.242. The molecule has 1 heterocycles. The van der Waals surface area contributed by atoms with Gasteiger partial charge in [0, 0.05) is 29.5 Å². The SMILES string of the molecule is CC(=O)N[C@H](C)CCc1ccc(-c2csc(-c3ccc(F)cc3)n2)cc1. The highest BCUT2D eigenvalue weighted by Gasteiger charge is 2.08. The lowest BCUT2D eigenvalue weighted by Gasteiger charge is -2.12. The van der Waals surface area contributed by atoms with Crippen LogP contribution in [0.4, 0.5) is 4.39 Å². The summed E-state index contributed by atoms with van der Waals surface area (Å²) in [6, 6.07) is 14.9. The quantitative estimate of drug-likeness (QED) is 0.660. The molecule has 0 saturated carbocycles. The lowest BCUT2D eigenvalue weighted by Crippen LogP contribution is -2.30. The van der Waals surface area contributed by atoms with Crippen LogP contribution in [-0.2, 0) is 11.2 Å². The van der Waals surface area contributed by atoms with E-state index in [4.69, 9.17) is 0 Å². The Labute approximate surface area is 156 Å². The molecule has 1 N–H and O–H groups in total. The van der Waals surface area contributed by atoms with Crippen molar-refractivity contribution in [3.63, 3.8) is 0 Å². The van der Waals surface area contributed by atoms with Gasteiger partial charge in [-0.2, -0.15) is 0 Å². The number of aryl methyl sites for hydroxylation is 1. The van der Waals surface area contributed by atoms with Crippen LogP contribution in [-0.4, -0.2) is 16.9 Å². The first-order valence-corrected chi connectivity index (χ1v) is 9.47. The summed E-state index contributed by atoms with van der Waals surface area (Å²) >= 11 is 1.55. The molecule has 0 unspecified atom stereocenters. The molecule has 0 saturated heterocycles. The number of aromatic nitrogens is 1. The molecule has 1 amide bonds. The zero-order valence-electron chi connectivity index (χ0n) is 14.8. The van der Waals surface area contributed by atoms with Crippen LogP contribution < -0.4 is 5.32 Å². The number of amides is 1. The van der Waals surface area contributed by atoms with Gasteiger partial charge in [0.1, 0.15) is 10.8 Å².